The monoisotopic (exact) mass is 460 g/mol. The van der Waals surface area contributed by atoms with Crippen molar-refractivity contribution < 1.29 is 15.8 Å². The van der Waals surface area contributed by atoms with E-state index in [0.717, 1.165) is 36.0 Å². The SMILES string of the molecule is C=C(N=C(CC1CCN(C(=O)/C=C/c2cnc3c(c2)CCC(=O)N3)CC1)OC)c1ccccc1.[HH]. The van der Waals surface area contributed by atoms with Crippen LogP contribution in [0.25, 0.3) is 11.8 Å². The number of amides is 2. The zero-order valence-corrected chi connectivity index (χ0v) is 19.5. The minimum Gasteiger partial charge on any atom is -0.484 e. The smallest absolute Gasteiger partial charge is 0.246 e. The Morgan fingerprint density at radius 2 is 2.06 bits per heavy atom. The van der Waals surface area contributed by atoms with E-state index in [0.29, 0.717) is 49.3 Å². The van der Waals surface area contributed by atoms with Crippen LogP contribution in [0.2, 0.25) is 0 Å². The number of likely N-dealkylation sites (tertiary alicyclic amines) is 1. The van der Waals surface area contributed by atoms with Crippen LogP contribution in [0.5, 0.6) is 0 Å². The standard InChI is InChI=1S/C27H30N4O3.H2/c1-19(22-6-4-3-5-7-22)29-25(34-2)17-20-12-14-31(15-13-20)26(33)11-8-21-16-23-9-10-24(32)30-27(23)28-18-21;/h3-8,11,16,18,20H,1,9-10,12-15,17H2,2H3,(H,28,30,32);1H/b11-8+,29-25?;. The fraction of sp³-hybridized carbons (Fsp3) is 0.333. The lowest BCUT2D eigenvalue weighted by molar-refractivity contribution is -0.127. The van der Waals surface area contributed by atoms with Crippen LogP contribution in [0.3, 0.4) is 0 Å². The first-order chi connectivity index (χ1) is 16.5. The first-order valence-electron chi connectivity index (χ1n) is 11.6. The predicted octanol–water partition coefficient (Wildman–Crippen LogP) is 4.57. The number of aliphatic imine (C=N–C) groups is 1. The average molecular weight is 461 g/mol. The highest BCUT2D eigenvalue weighted by molar-refractivity contribution is 5.94. The van der Waals surface area contributed by atoms with Gasteiger partial charge in [0.1, 0.15) is 5.82 Å². The summed E-state index contributed by atoms with van der Waals surface area (Å²) in [4.78, 5) is 34.9. The third kappa shape index (κ3) is 5.98. The molecule has 1 aromatic heterocycles. The highest BCUT2D eigenvalue weighted by atomic mass is 16.5. The van der Waals surface area contributed by atoms with Gasteiger partial charge >= 0.3 is 0 Å². The molecule has 2 aliphatic heterocycles. The van der Waals surface area contributed by atoms with E-state index in [1.54, 1.807) is 25.5 Å². The number of hydrogen-bond donors (Lipinski definition) is 1. The summed E-state index contributed by atoms with van der Waals surface area (Å²) in [5, 5.41) is 2.77. The summed E-state index contributed by atoms with van der Waals surface area (Å²) in [6.07, 6.45) is 8.75. The molecule has 178 valence electrons. The molecule has 1 fully saturated rings. The number of carbonyl (C=O) groups excluding carboxylic acids is 2. The van der Waals surface area contributed by atoms with Gasteiger partial charge in [0.05, 0.1) is 12.8 Å². The van der Waals surface area contributed by atoms with Crippen molar-refractivity contribution in [2.24, 2.45) is 10.9 Å². The zero-order chi connectivity index (χ0) is 23.9. The van der Waals surface area contributed by atoms with Gasteiger partial charge in [-0.2, -0.15) is 0 Å². The Hall–Kier alpha value is -3.74. The van der Waals surface area contributed by atoms with Crippen molar-refractivity contribution in [3.63, 3.8) is 0 Å². The summed E-state index contributed by atoms with van der Waals surface area (Å²) in [5.74, 6) is 1.70. The normalized spacial score (nSPS) is 16.8. The highest BCUT2D eigenvalue weighted by Gasteiger charge is 2.23. The van der Waals surface area contributed by atoms with Crippen LogP contribution in [0.1, 0.15) is 43.8 Å². The minimum absolute atomic E-state index is 0. The molecule has 2 aromatic rings. The number of hydrogen-bond acceptors (Lipinski definition) is 5. The van der Waals surface area contributed by atoms with E-state index in [1.807, 2.05) is 41.3 Å². The van der Waals surface area contributed by atoms with Crippen molar-refractivity contribution in [3.8, 4) is 0 Å². The van der Waals surface area contributed by atoms with Crippen LogP contribution in [0, 0.1) is 5.92 Å². The minimum atomic E-state index is -0.00751. The Kier molecular flexibility index (Phi) is 7.52. The van der Waals surface area contributed by atoms with E-state index in [4.69, 9.17) is 4.74 Å². The number of fused-ring (bicyclic) bond motifs is 1. The molecule has 0 unspecified atom stereocenters. The Morgan fingerprint density at radius 1 is 1.29 bits per heavy atom. The lowest BCUT2D eigenvalue weighted by Gasteiger charge is -2.31. The number of benzene rings is 1. The molecular formula is C27H32N4O3. The van der Waals surface area contributed by atoms with E-state index < -0.39 is 0 Å². The van der Waals surface area contributed by atoms with Gasteiger partial charge in [0, 0.05) is 39.6 Å². The lowest BCUT2D eigenvalue weighted by Crippen LogP contribution is -2.38. The summed E-state index contributed by atoms with van der Waals surface area (Å²) in [5.41, 5.74) is 3.52. The van der Waals surface area contributed by atoms with Gasteiger partial charge in [-0.1, -0.05) is 36.9 Å². The number of ether oxygens (including phenoxy) is 1. The van der Waals surface area contributed by atoms with E-state index in [2.05, 4.69) is 21.9 Å². The molecule has 0 aliphatic carbocycles. The quantitative estimate of drug-likeness (QED) is 0.389. The molecule has 4 rings (SSSR count). The number of aromatic nitrogens is 1. The molecule has 0 atom stereocenters. The molecule has 1 N–H and O–H groups in total. The summed E-state index contributed by atoms with van der Waals surface area (Å²) in [6, 6.07) is 11.8. The van der Waals surface area contributed by atoms with Gasteiger partial charge in [-0.15, -0.1) is 0 Å². The van der Waals surface area contributed by atoms with Gasteiger partial charge in [-0.25, -0.2) is 9.98 Å². The van der Waals surface area contributed by atoms with Crippen LogP contribution in [0.15, 0.2) is 60.2 Å². The third-order valence-corrected chi connectivity index (χ3v) is 6.28. The number of methoxy groups -OCH3 is 1. The Balaban J connectivity index is 0.00000342. The molecule has 0 saturated carbocycles. The zero-order valence-electron chi connectivity index (χ0n) is 19.5. The van der Waals surface area contributed by atoms with Gasteiger partial charge in [0.15, 0.2) is 5.90 Å². The molecule has 0 bridgehead atoms. The topological polar surface area (TPSA) is 83.9 Å². The molecule has 7 nitrogen and oxygen atoms in total. The number of anilines is 1. The number of rotatable bonds is 6. The second kappa shape index (κ2) is 10.9. The largest absolute Gasteiger partial charge is 0.484 e. The molecule has 34 heavy (non-hydrogen) atoms. The average Bonchev–Trinajstić information content (AvgIpc) is 2.87. The highest BCUT2D eigenvalue weighted by Crippen LogP contribution is 2.24. The van der Waals surface area contributed by atoms with E-state index in [-0.39, 0.29) is 13.2 Å². The molecule has 7 heteroatoms. The van der Waals surface area contributed by atoms with Gasteiger partial charge in [0.25, 0.3) is 0 Å². The van der Waals surface area contributed by atoms with Crippen molar-refractivity contribution in [1.29, 1.82) is 0 Å². The number of carbonyl (C=O) groups is 2. The fourth-order valence-corrected chi connectivity index (χ4v) is 4.26. The molecule has 2 amide bonds. The van der Waals surface area contributed by atoms with Gasteiger partial charge in [-0.3, -0.25) is 9.59 Å². The lowest BCUT2D eigenvalue weighted by atomic mass is 9.93. The summed E-state index contributed by atoms with van der Waals surface area (Å²) >= 11 is 0. The van der Waals surface area contributed by atoms with Crippen molar-refractivity contribution in [3.05, 3.63) is 71.9 Å². The number of aryl methyl sites for hydroxylation is 1. The fourth-order valence-electron chi connectivity index (χ4n) is 4.26. The van der Waals surface area contributed by atoms with Gasteiger partial charge < -0.3 is 15.0 Å². The van der Waals surface area contributed by atoms with Crippen molar-refractivity contribution >= 4 is 35.3 Å². The van der Waals surface area contributed by atoms with Crippen molar-refractivity contribution in [2.45, 2.75) is 32.1 Å². The Labute approximate surface area is 201 Å². The van der Waals surface area contributed by atoms with Crippen LogP contribution in [-0.4, -0.2) is 47.8 Å². The second-order valence-corrected chi connectivity index (χ2v) is 8.65. The van der Waals surface area contributed by atoms with Crippen LogP contribution in [-0.2, 0) is 20.7 Å². The van der Waals surface area contributed by atoms with Crippen molar-refractivity contribution in [1.82, 2.24) is 9.88 Å². The molecule has 0 radical (unpaired) electrons. The van der Waals surface area contributed by atoms with Crippen LogP contribution < -0.4 is 5.32 Å². The summed E-state index contributed by atoms with van der Waals surface area (Å²) in [6.45, 7) is 5.48. The summed E-state index contributed by atoms with van der Waals surface area (Å²) < 4.78 is 5.52. The number of pyridine rings is 1. The van der Waals surface area contributed by atoms with Crippen LogP contribution >= 0.6 is 0 Å². The third-order valence-electron chi connectivity index (χ3n) is 6.28. The maximum absolute atomic E-state index is 12.7. The molecular weight excluding hydrogens is 428 g/mol. The summed E-state index contributed by atoms with van der Waals surface area (Å²) in [7, 11) is 1.64. The van der Waals surface area contributed by atoms with Gasteiger partial charge in [0.2, 0.25) is 11.8 Å². The second-order valence-electron chi connectivity index (χ2n) is 8.65. The molecule has 1 saturated heterocycles. The molecule has 3 heterocycles. The predicted molar refractivity (Wildman–Crippen MR) is 136 cm³/mol. The maximum Gasteiger partial charge on any atom is 0.246 e. The van der Waals surface area contributed by atoms with E-state index in [9.17, 15) is 9.59 Å². The number of nitrogens with zero attached hydrogens (tertiary/aromatic N) is 3. The maximum atomic E-state index is 12.7. The van der Waals surface area contributed by atoms with Crippen molar-refractivity contribution in [2.75, 3.05) is 25.5 Å². The molecule has 2 aliphatic rings. The first-order valence-corrected chi connectivity index (χ1v) is 11.6. The number of piperidine rings is 1. The van der Waals surface area contributed by atoms with Gasteiger partial charge in [-0.05, 0) is 54.0 Å². The van der Waals surface area contributed by atoms with E-state index >= 15 is 0 Å². The molecule has 1 aromatic carbocycles. The number of nitrogens with one attached hydrogen (secondary N) is 1. The Morgan fingerprint density at radius 3 is 2.79 bits per heavy atom. The first kappa shape index (κ1) is 23.4. The Bertz CT molecular complexity index is 1120. The van der Waals surface area contributed by atoms with Crippen LogP contribution in [0.4, 0.5) is 5.82 Å². The van der Waals surface area contributed by atoms with E-state index in [1.165, 1.54) is 0 Å². The molecule has 0 spiro atoms.